The number of anilines is 1. The number of carbonyl (C=O) groups is 2. The van der Waals surface area contributed by atoms with Crippen molar-refractivity contribution >= 4 is 29.2 Å². The highest BCUT2D eigenvalue weighted by Gasteiger charge is 2.28. The van der Waals surface area contributed by atoms with Crippen LogP contribution in [-0.2, 0) is 14.3 Å². The molecule has 1 saturated heterocycles. The van der Waals surface area contributed by atoms with Crippen molar-refractivity contribution in [1.29, 1.82) is 0 Å². The number of halogens is 1. The molecule has 0 aliphatic carbocycles. The van der Waals surface area contributed by atoms with E-state index in [2.05, 4.69) is 5.32 Å². The van der Waals surface area contributed by atoms with Crippen molar-refractivity contribution in [2.45, 2.75) is 25.4 Å². The van der Waals surface area contributed by atoms with Crippen LogP contribution in [0.5, 0.6) is 0 Å². The van der Waals surface area contributed by atoms with Gasteiger partial charge in [0.05, 0.1) is 6.10 Å². The van der Waals surface area contributed by atoms with Gasteiger partial charge in [-0.3, -0.25) is 4.79 Å². The van der Waals surface area contributed by atoms with Gasteiger partial charge in [-0.05, 0) is 37.1 Å². The second-order valence-electron chi connectivity index (χ2n) is 4.74. The number of hydrogen-bond donors (Lipinski definition) is 1. The van der Waals surface area contributed by atoms with Crippen LogP contribution in [0.2, 0.25) is 5.02 Å². The molecule has 108 valence electrons. The molecular weight excluding hydrogens is 282 g/mol. The highest BCUT2D eigenvalue weighted by Crippen LogP contribution is 2.23. The number of ether oxygens (including phenoxy) is 1. The molecule has 2 rings (SSSR count). The molecular formula is C14H15ClNO4-. The summed E-state index contributed by atoms with van der Waals surface area (Å²) in [5.41, 5.74) is 0.573. The molecule has 1 N–H and O–H groups in total. The van der Waals surface area contributed by atoms with Gasteiger partial charge in [-0.2, -0.15) is 0 Å². The quantitative estimate of drug-likeness (QED) is 0.886. The third kappa shape index (κ3) is 3.95. The number of aliphatic carboxylic acids is 1. The van der Waals surface area contributed by atoms with Crippen LogP contribution in [0.15, 0.2) is 24.3 Å². The predicted octanol–water partition coefficient (Wildman–Crippen LogP) is 1.21. The molecule has 6 heteroatoms. The Labute approximate surface area is 121 Å². The van der Waals surface area contributed by atoms with Crippen LogP contribution in [0.3, 0.4) is 0 Å². The Hall–Kier alpha value is -1.59. The Morgan fingerprint density at radius 1 is 1.40 bits per heavy atom. The summed E-state index contributed by atoms with van der Waals surface area (Å²) in [5.74, 6) is -2.54. The molecule has 5 nitrogen and oxygen atoms in total. The molecule has 1 aliphatic heterocycles. The normalized spacial score (nSPS) is 19.6. The Kier molecular flexibility index (Phi) is 4.98. The first kappa shape index (κ1) is 14.8. The molecule has 0 saturated carbocycles. The van der Waals surface area contributed by atoms with Gasteiger partial charge in [0.2, 0.25) is 5.91 Å². The summed E-state index contributed by atoms with van der Waals surface area (Å²) in [6, 6.07) is 6.60. The molecule has 2 atom stereocenters. The number of hydrogen-bond acceptors (Lipinski definition) is 4. The average Bonchev–Trinajstić information content (AvgIpc) is 2.92. The molecule has 20 heavy (non-hydrogen) atoms. The Balaban J connectivity index is 1.94. The van der Waals surface area contributed by atoms with E-state index in [0.29, 0.717) is 23.7 Å². The van der Waals surface area contributed by atoms with Crippen LogP contribution in [0.25, 0.3) is 0 Å². The van der Waals surface area contributed by atoms with Crippen molar-refractivity contribution in [1.82, 2.24) is 0 Å². The van der Waals surface area contributed by atoms with Crippen molar-refractivity contribution in [2.75, 3.05) is 11.9 Å². The van der Waals surface area contributed by atoms with Gasteiger partial charge in [0.1, 0.15) is 0 Å². The first-order valence-corrected chi connectivity index (χ1v) is 6.82. The summed E-state index contributed by atoms with van der Waals surface area (Å²) in [6.07, 6.45) is 0.867. The molecule has 1 amide bonds. The van der Waals surface area contributed by atoms with E-state index < -0.39 is 18.0 Å². The number of carbonyl (C=O) groups excluding carboxylic acids is 2. The van der Waals surface area contributed by atoms with Crippen molar-refractivity contribution in [3.63, 3.8) is 0 Å². The summed E-state index contributed by atoms with van der Waals surface area (Å²) in [7, 11) is 0. The molecule has 0 bridgehead atoms. The summed E-state index contributed by atoms with van der Waals surface area (Å²) in [6.45, 7) is 0.535. The minimum Gasteiger partial charge on any atom is -0.550 e. The number of nitrogens with one attached hydrogen (secondary N) is 1. The van der Waals surface area contributed by atoms with Crippen molar-refractivity contribution in [3.8, 4) is 0 Å². The van der Waals surface area contributed by atoms with Crippen molar-refractivity contribution < 1.29 is 19.4 Å². The zero-order valence-electron chi connectivity index (χ0n) is 10.8. The van der Waals surface area contributed by atoms with Gasteiger partial charge in [-0.1, -0.05) is 11.6 Å². The highest BCUT2D eigenvalue weighted by atomic mass is 35.5. The molecule has 0 unspecified atom stereocenters. The molecule has 0 radical (unpaired) electrons. The van der Waals surface area contributed by atoms with E-state index in [1.165, 1.54) is 0 Å². The Bertz CT molecular complexity index is 482. The second kappa shape index (κ2) is 6.72. The third-order valence-corrected chi connectivity index (χ3v) is 3.50. The molecule has 1 aliphatic rings. The SMILES string of the molecule is O=C(C[C@@H](C(=O)[O-])[C@@H]1CCCO1)Nc1ccc(Cl)cc1. The van der Waals surface area contributed by atoms with Crippen molar-refractivity contribution in [3.05, 3.63) is 29.3 Å². The van der Waals surface area contributed by atoms with E-state index in [1.54, 1.807) is 24.3 Å². The smallest absolute Gasteiger partial charge is 0.225 e. The van der Waals surface area contributed by atoms with Gasteiger partial charge in [0.25, 0.3) is 0 Å². The monoisotopic (exact) mass is 296 g/mol. The summed E-state index contributed by atoms with van der Waals surface area (Å²) in [4.78, 5) is 23.0. The Morgan fingerprint density at radius 3 is 2.65 bits per heavy atom. The molecule has 0 aromatic heterocycles. The number of benzene rings is 1. The van der Waals surface area contributed by atoms with E-state index in [4.69, 9.17) is 16.3 Å². The highest BCUT2D eigenvalue weighted by molar-refractivity contribution is 6.30. The molecule has 1 heterocycles. The van der Waals surface area contributed by atoms with Crippen LogP contribution in [0.4, 0.5) is 5.69 Å². The molecule has 1 fully saturated rings. The largest absolute Gasteiger partial charge is 0.550 e. The predicted molar refractivity (Wildman–Crippen MR) is 72.2 cm³/mol. The molecule has 0 spiro atoms. The van der Waals surface area contributed by atoms with Crippen molar-refractivity contribution in [2.24, 2.45) is 5.92 Å². The maximum Gasteiger partial charge on any atom is 0.225 e. The number of carboxylic acids is 1. The molecule has 1 aromatic rings. The summed E-state index contributed by atoms with van der Waals surface area (Å²) in [5, 5.41) is 14.3. The summed E-state index contributed by atoms with van der Waals surface area (Å²) < 4.78 is 5.32. The van der Waals surface area contributed by atoms with E-state index in [0.717, 1.165) is 6.42 Å². The zero-order valence-corrected chi connectivity index (χ0v) is 11.6. The van der Waals surface area contributed by atoms with Crippen LogP contribution < -0.4 is 10.4 Å². The van der Waals surface area contributed by atoms with E-state index >= 15 is 0 Å². The fourth-order valence-electron chi connectivity index (χ4n) is 2.23. The fourth-order valence-corrected chi connectivity index (χ4v) is 2.36. The second-order valence-corrected chi connectivity index (χ2v) is 5.17. The lowest BCUT2D eigenvalue weighted by molar-refractivity contribution is -0.314. The van der Waals surface area contributed by atoms with Gasteiger partial charge in [-0.25, -0.2) is 0 Å². The van der Waals surface area contributed by atoms with Gasteiger partial charge >= 0.3 is 0 Å². The standard InChI is InChI=1S/C14H16ClNO4/c15-9-3-5-10(6-4-9)16-13(17)8-11(14(18)19)12-2-1-7-20-12/h3-6,11-12H,1-2,7-8H2,(H,16,17)(H,18,19)/p-1/t11-,12+/m1/s1. The first-order chi connectivity index (χ1) is 9.56. The van der Waals surface area contributed by atoms with Gasteiger partial charge in [-0.15, -0.1) is 0 Å². The minimum atomic E-state index is -1.25. The Morgan fingerprint density at radius 2 is 2.10 bits per heavy atom. The molecule has 1 aromatic carbocycles. The van der Waals surface area contributed by atoms with Crippen LogP contribution in [0, 0.1) is 5.92 Å². The van der Waals surface area contributed by atoms with E-state index in [9.17, 15) is 14.7 Å². The third-order valence-electron chi connectivity index (χ3n) is 3.25. The van der Waals surface area contributed by atoms with Gasteiger partial charge in [0.15, 0.2) is 0 Å². The van der Waals surface area contributed by atoms with E-state index in [-0.39, 0.29) is 12.3 Å². The minimum absolute atomic E-state index is 0.157. The maximum atomic E-state index is 11.9. The van der Waals surface area contributed by atoms with Crippen LogP contribution in [0.1, 0.15) is 19.3 Å². The van der Waals surface area contributed by atoms with Crippen LogP contribution >= 0.6 is 11.6 Å². The summed E-state index contributed by atoms with van der Waals surface area (Å²) >= 11 is 5.74. The number of rotatable bonds is 5. The van der Waals surface area contributed by atoms with Crippen LogP contribution in [-0.4, -0.2) is 24.6 Å². The van der Waals surface area contributed by atoms with Gasteiger partial charge in [0, 0.05) is 35.6 Å². The number of carboxylic acid groups (broad SMARTS) is 1. The number of amides is 1. The lowest BCUT2D eigenvalue weighted by atomic mass is 9.96. The lowest BCUT2D eigenvalue weighted by Gasteiger charge is -2.23. The fraction of sp³-hybridized carbons (Fsp3) is 0.429. The van der Waals surface area contributed by atoms with Gasteiger partial charge < -0.3 is 20.0 Å². The lowest BCUT2D eigenvalue weighted by Crippen LogP contribution is -2.40. The topological polar surface area (TPSA) is 78.5 Å². The zero-order chi connectivity index (χ0) is 14.5. The maximum absolute atomic E-state index is 11.9. The first-order valence-electron chi connectivity index (χ1n) is 6.44. The van der Waals surface area contributed by atoms with E-state index in [1.807, 2.05) is 0 Å². The average molecular weight is 297 g/mol.